The van der Waals surface area contributed by atoms with Crippen LogP contribution in [0.15, 0.2) is 47.4 Å². The summed E-state index contributed by atoms with van der Waals surface area (Å²) in [4.78, 5) is 12.4. The molecule has 0 atom stereocenters. The minimum atomic E-state index is -2.59. The van der Waals surface area contributed by atoms with Crippen molar-refractivity contribution >= 4 is 29.0 Å². The number of thioether (sulfide) groups is 1. The van der Waals surface area contributed by atoms with E-state index in [9.17, 15) is 18.7 Å². The molecule has 1 amide bonds. The molecule has 4 nitrogen and oxygen atoms in total. The van der Waals surface area contributed by atoms with Crippen LogP contribution in [0.5, 0.6) is 5.75 Å². The van der Waals surface area contributed by atoms with Gasteiger partial charge in [-0.05, 0) is 30.3 Å². The summed E-state index contributed by atoms with van der Waals surface area (Å²) in [6, 6.07) is 10.2. The maximum Gasteiger partial charge on any atom is 0.288 e. The van der Waals surface area contributed by atoms with Gasteiger partial charge in [0.1, 0.15) is 5.75 Å². The molecular formula is C14H12F2N2O2S. The van der Waals surface area contributed by atoms with Crippen molar-refractivity contribution in [2.75, 3.05) is 11.1 Å². The van der Waals surface area contributed by atoms with Gasteiger partial charge in [0.2, 0.25) is 0 Å². The SMILES string of the molecule is Nc1ccc(O)cc1C(=O)Nc1ccccc1SC(F)F. The number of amides is 1. The van der Waals surface area contributed by atoms with E-state index in [2.05, 4.69) is 5.32 Å². The lowest BCUT2D eigenvalue weighted by atomic mass is 10.1. The van der Waals surface area contributed by atoms with Crippen LogP contribution in [0, 0.1) is 0 Å². The van der Waals surface area contributed by atoms with E-state index in [0.29, 0.717) is 11.8 Å². The quantitative estimate of drug-likeness (QED) is 0.459. The van der Waals surface area contributed by atoms with Crippen LogP contribution < -0.4 is 11.1 Å². The van der Waals surface area contributed by atoms with Crippen LogP contribution in [0.1, 0.15) is 10.4 Å². The lowest BCUT2D eigenvalue weighted by Crippen LogP contribution is -2.14. The molecule has 0 saturated carbocycles. The molecule has 0 heterocycles. The van der Waals surface area contributed by atoms with Crippen molar-refractivity contribution in [2.24, 2.45) is 0 Å². The molecule has 0 spiro atoms. The van der Waals surface area contributed by atoms with Crippen LogP contribution in [-0.2, 0) is 0 Å². The van der Waals surface area contributed by atoms with Gasteiger partial charge in [-0.1, -0.05) is 23.9 Å². The predicted molar refractivity (Wildman–Crippen MR) is 78.8 cm³/mol. The van der Waals surface area contributed by atoms with E-state index in [1.807, 2.05) is 0 Å². The van der Waals surface area contributed by atoms with Gasteiger partial charge in [-0.15, -0.1) is 0 Å². The van der Waals surface area contributed by atoms with Crippen molar-refractivity contribution in [1.82, 2.24) is 0 Å². The first-order valence-corrected chi connectivity index (χ1v) is 6.79. The maximum absolute atomic E-state index is 12.5. The second kappa shape index (κ2) is 6.45. The minimum Gasteiger partial charge on any atom is -0.508 e. The number of nitrogens with two attached hydrogens (primary N) is 1. The topological polar surface area (TPSA) is 75.3 Å². The Morgan fingerprint density at radius 2 is 1.95 bits per heavy atom. The van der Waals surface area contributed by atoms with Crippen LogP contribution in [0.25, 0.3) is 0 Å². The average Bonchev–Trinajstić information content (AvgIpc) is 2.43. The Balaban J connectivity index is 2.25. The summed E-state index contributed by atoms with van der Waals surface area (Å²) in [5.74, 6) is -3.27. The number of halogens is 2. The molecule has 2 aromatic carbocycles. The summed E-state index contributed by atoms with van der Waals surface area (Å²) in [7, 11) is 0. The number of alkyl halides is 2. The minimum absolute atomic E-state index is 0.0758. The van der Waals surface area contributed by atoms with Crippen molar-refractivity contribution in [2.45, 2.75) is 10.7 Å². The Bertz CT molecular complexity index is 665. The highest BCUT2D eigenvalue weighted by Gasteiger charge is 2.15. The van der Waals surface area contributed by atoms with E-state index < -0.39 is 11.7 Å². The molecule has 0 bridgehead atoms. The largest absolute Gasteiger partial charge is 0.508 e. The fourth-order valence-corrected chi connectivity index (χ4v) is 2.29. The van der Waals surface area contributed by atoms with Crippen LogP contribution in [0.2, 0.25) is 0 Å². The van der Waals surface area contributed by atoms with Gasteiger partial charge < -0.3 is 16.2 Å². The van der Waals surface area contributed by atoms with Crippen LogP contribution in [0.3, 0.4) is 0 Å². The third kappa shape index (κ3) is 3.85. The van der Waals surface area contributed by atoms with Gasteiger partial charge in [0.15, 0.2) is 0 Å². The number of carbonyl (C=O) groups excluding carboxylic acids is 1. The highest BCUT2D eigenvalue weighted by molar-refractivity contribution is 7.99. The summed E-state index contributed by atoms with van der Waals surface area (Å²) in [5, 5.41) is 11.9. The Morgan fingerprint density at radius 3 is 2.67 bits per heavy atom. The number of aromatic hydroxyl groups is 1. The number of carbonyl (C=O) groups is 1. The summed E-state index contributed by atoms with van der Waals surface area (Å²) in [5.41, 5.74) is 6.19. The number of phenolic OH excluding ortho intramolecular Hbond substituents is 1. The third-order valence-electron chi connectivity index (χ3n) is 2.63. The Hall–Kier alpha value is -2.28. The van der Waals surface area contributed by atoms with Gasteiger partial charge in [0, 0.05) is 10.6 Å². The summed E-state index contributed by atoms with van der Waals surface area (Å²) >= 11 is 0.341. The van der Waals surface area contributed by atoms with E-state index in [4.69, 9.17) is 5.73 Å². The number of para-hydroxylation sites is 1. The number of benzene rings is 2. The average molecular weight is 310 g/mol. The smallest absolute Gasteiger partial charge is 0.288 e. The monoisotopic (exact) mass is 310 g/mol. The Kier molecular flexibility index (Phi) is 4.64. The second-order valence-corrected chi connectivity index (χ2v) is 5.13. The number of nitrogen functional groups attached to an aromatic ring is 1. The highest BCUT2D eigenvalue weighted by atomic mass is 32.2. The van der Waals surface area contributed by atoms with E-state index in [-0.39, 0.29) is 27.6 Å². The highest BCUT2D eigenvalue weighted by Crippen LogP contribution is 2.32. The summed E-state index contributed by atoms with van der Waals surface area (Å²) < 4.78 is 25.0. The zero-order valence-electron chi connectivity index (χ0n) is 10.7. The normalized spacial score (nSPS) is 10.6. The fourth-order valence-electron chi connectivity index (χ4n) is 1.70. The number of phenols is 1. The van der Waals surface area contributed by atoms with Gasteiger partial charge in [-0.2, -0.15) is 8.78 Å². The van der Waals surface area contributed by atoms with E-state index in [1.165, 1.54) is 30.3 Å². The van der Waals surface area contributed by atoms with Crippen LogP contribution in [0.4, 0.5) is 20.2 Å². The van der Waals surface area contributed by atoms with Gasteiger partial charge in [-0.25, -0.2) is 0 Å². The van der Waals surface area contributed by atoms with Crippen LogP contribution >= 0.6 is 11.8 Å². The Morgan fingerprint density at radius 1 is 1.24 bits per heavy atom. The van der Waals surface area contributed by atoms with Gasteiger partial charge in [0.05, 0.1) is 11.3 Å². The first-order valence-electron chi connectivity index (χ1n) is 5.91. The van der Waals surface area contributed by atoms with Crippen molar-refractivity contribution in [3.63, 3.8) is 0 Å². The molecule has 0 unspecified atom stereocenters. The number of hydrogen-bond acceptors (Lipinski definition) is 4. The van der Waals surface area contributed by atoms with Crippen LogP contribution in [-0.4, -0.2) is 16.8 Å². The second-order valence-electron chi connectivity index (χ2n) is 4.10. The van der Waals surface area contributed by atoms with E-state index >= 15 is 0 Å². The lowest BCUT2D eigenvalue weighted by molar-refractivity contribution is 0.102. The molecule has 2 rings (SSSR count). The van der Waals surface area contributed by atoms with Gasteiger partial charge in [0.25, 0.3) is 11.7 Å². The van der Waals surface area contributed by atoms with Crippen molar-refractivity contribution in [1.29, 1.82) is 0 Å². The third-order valence-corrected chi connectivity index (χ3v) is 3.42. The van der Waals surface area contributed by atoms with Crippen molar-refractivity contribution in [3.05, 3.63) is 48.0 Å². The van der Waals surface area contributed by atoms with E-state index in [0.717, 1.165) is 0 Å². The van der Waals surface area contributed by atoms with Gasteiger partial charge in [-0.3, -0.25) is 4.79 Å². The van der Waals surface area contributed by atoms with Gasteiger partial charge >= 0.3 is 0 Å². The first kappa shape index (κ1) is 15.1. The predicted octanol–water partition coefficient (Wildman–Crippen LogP) is 3.54. The maximum atomic E-state index is 12.5. The number of nitrogens with one attached hydrogen (secondary N) is 1. The molecule has 0 aromatic heterocycles. The van der Waals surface area contributed by atoms with E-state index in [1.54, 1.807) is 12.1 Å². The molecule has 110 valence electrons. The molecule has 21 heavy (non-hydrogen) atoms. The lowest BCUT2D eigenvalue weighted by Gasteiger charge is -2.11. The molecule has 2 aromatic rings. The standard InChI is InChI=1S/C14H12F2N2O2S/c15-14(16)21-12-4-2-1-3-11(12)18-13(20)9-7-8(19)5-6-10(9)17/h1-7,14,19H,17H2,(H,18,20). The molecule has 0 aliphatic heterocycles. The zero-order valence-corrected chi connectivity index (χ0v) is 11.5. The summed E-state index contributed by atoms with van der Waals surface area (Å²) in [6.07, 6.45) is 0. The molecule has 4 N–H and O–H groups in total. The molecule has 7 heteroatoms. The molecule has 0 fully saturated rings. The van der Waals surface area contributed by atoms with Crippen molar-refractivity contribution in [3.8, 4) is 5.75 Å². The fraction of sp³-hybridized carbons (Fsp3) is 0.0714. The Labute approximate surface area is 124 Å². The van der Waals surface area contributed by atoms with Crippen molar-refractivity contribution < 1.29 is 18.7 Å². The molecule has 0 saturated heterocycles. The number of anilines is 2. The molecule has 0 aliphatic carbocycles. The zero-order chi connectivity index (χ0) is 15.4. The first-order chi connectivity index (χ1) is 9.97. The number of hydrogen-bond donors (Lipinski definition) is 3. The molecular weight excluding hydrogens is 298 g/mol. The summed E-state index contributed by atoms with van der Waals surface area (Å²) in [6.45, 7) is 0. The molecule has 0 radical (unpaired) electrons. The molecule has 0 aliphatic rings. The number of rotatable bonds is 4.